The van der Waals surface area contributed by atoms with Gasteiger partial charge in [0.1, 0.15) is 0 Å². The zero-order valence-corrected chi connectivity index (χ0v) is 10.8. The molecule has 2 aromatic rings. The summed E-state index contributed by atoms with van der Waals surface area (Å²) in [6.45, 7) is 2.24. The number of aromatic amines is 1. The molecule has 0 spiro atoms. The molecule has 0 amide bonds. The molecule has 0 aliphatic carbocycles. The Morgan fingerprint density at radius 1 is 1.22 bits per heavy atom. The molecule has 1 saturated heterocycles. The van der Waals surface area contributed by atoms with Gasteiger partial charge in [-0.1, -0.05) is 12.1 Å². The largest absolute Gasteiger partial charge is 1.00 e. The van der Waals surface area contributed by atoms with E-state index >= 15 is 0 Å². The molecule has 100 valence electrons. The van der Waals surface area contributed by atoms with E-state index in [1.807, 2.05) is 28.8 Å². The summed E-state index contributed by atoms with van der Waals surface area (Å²) in [5.74, 6) is 0. The van der Waals surface area contributed by atoms with Gasteiger partial charge in [-0.2, -0.15) is 0 Å². The third-order valence-electron chi connectivity index (χ3n) is 3.40. The van der Waals surface area contributed by atoms with Crippen molar-refractivity contribution in [3.8, 4) is 0 Å². The number of hydrogen-bond donors (Lipinski definition) is 2. The lowest BCUT2D eigenvalue weighted by Gasteiger charge is -2.21. The van der Waals surface area contributed by atoms with Crippen molar-refractivity contribution in [2.24, 2.45) is 0 Å². The summed E-state index contributed by atoms with van der Waals surface area (Å²) in [4.78, 5) is 14.9. The van der Waals surface area contributed by atoms with Crippen LogP contribution in [0.3, 0.4) is 0 Å². The number of hydrogen-bond acceptors (Lipinski definition) is 1. The standard InChI is InChI=1S/C12H15N3O.ClH.H2O/c16-12-14-10-3-1-2-4-11(10)15(12)9-5-7-13-8-6-9;;/h1-4,9,13H,5-8H2,(H,14,16);1H;1H2. The van der Waals surface area contributed by atoms with Crippen LogP contribution in [0, 0.1) is 0 Å². The van der Waals surface area contributed by atoms with E-state index in [4.69, 9.17) is 0 Å². The zero-order valence-electron chi connectivity index (χ0n) is 10.0. The van der Waals surface area contributed by atoms with Gasteiger partial charge in [-0.15, -0.1) is 0 Å². The molecule has 6 heteroatoms. The number of aromatic nitrogens is 2. The highest BCUT2D eigenvalue weighted by molar-refractivity contribution is 5.75. The molecule has 1 aromatic heterocycles. The topological polar surface area (TPSA) is 85.9 Å². The van der Waals surface area contributed by atoms with Gasteiger partial charge in [-0.05, 0) is 12.1 Å². The van der Waals surface area contributed by atoms with E-state index in [2.05, 4.69) is 10.3 Å². The molecule has 1 aromatic carbocycles. The number of nitrogens with two attached hydrogens (primary N) is 1. The fourth-order valence-corrected chi connectivity index (χ4v) is 2.60. The van der Waals surface area contributed by atoms with Gasteiger partial charge in [0.05, 0.1) is 24.1 Å². The molecule has 5 N–H and O–H groups in total. The first-order valence-corrected chi connectivity index (χ1v) is 5.87. The Labute approximate surface area is 111 Å². The molecule has 0 bridgehead atoms. The lowest BCUT2D eigenvalue weighted by Crippen LogP contribution is -3.00. The number of para-hydroxylation sites is 2. The summed E-state index contributed by atoms with van der Waals surface area (Å²) in [6.07, 6.45) is 2.17. The highest BCUT2D eigenvalue weighted by atomic mass is 35.5. The van der Waals surface area contributed by atoms with Crippen LogP contribution in [-0.4, -0.2) is 28.1 Å². The summed E-state index contributed by atoms with van der Waals surface area (Å²) < 4.78 is 1.93. The molecule has 1 fully saturated rings. The third kappa shape index (κ3) is 2.43. The first-order valence-electron chi connectivity index (χ1n) is 5.87. The van der Waals surface area contributed by atoms with E-state index in [0.29, 0.717) is 6.04 Å². The Kier molecular flexibility index (Phi) is 4.95. The van der Waals surface area contributed by atoms with Crippen molar-refractivity contribution in [1.29, 1.82) is 0 Å². The quantitative estimate of drug-likeness (QED) is 0.552. The van der Waals surface area contributed by atoms with Gasteiger partial charge in [-0.25, -0.2) is 4.79 Å². The predicted octanol–water partition coefficient (Wildman–Crippen LogP) is -3.59. The monoisotopic (exact) mass is 271 g/mol. The molecule has 0 saturated carbocycles. The summed E-state index contributed by atoms with van der Waals surface area (Å²) in [5, 5.41) is 2.32. The Morgan fingerprint density at radius 3 is 2.61 bits per heavy atom. The van der Waals surface area contributed by atoms with Crippen LogP contribution in [0.5, 0.6) is 0 Å². The number of imidazole rings is 1. The highest BCUT2D eigenvalue weighted by Crippen LogP contribution is 2.20. The minimum Gasteiger partial charge on any atom is -1.00 e. The number of quaternary nitrogens is 1. The van der Waals surface area contributed by atoms with Crippen LogP contribution < -0.4 is 23.4 Å². The molecule has 0 unspecified atom stereocenters. The maximum absolute atomic E-state index is 11.9. The van der Waals surface area contributed by atoms with E-state index in [-0.39, 0.29) is 23.6 Å². The number of piperidine rings is 1. The molecule has 5 nitrogen and oxygen atoms in total. The van der Waals surface area contributed by atoms with Crippen molar-refractivity contribution in [2.45, 2.75) is 18.9 Å². The maximum Gasteiger partial charge on any atom is 0.326 e. The number of H-pyrrole nitrogens is 1. The first-order chi connectivity index (χ1) is 7.86. The van der Waals surface area contributed by atoms with Crippen molar-refractivity contribution in [3.05, 3.63) is 34.7 Å². The van der Waals surface area contributed by atoms with Crippen LogP contribution >= 0.6 is 0 Å². The third-order valence-corrected chi connectivity index (χ3v) is 3.40. The highest BCUT2D eigenvalue weighted by Gasteiger charge is 2.20. The molecule has 1 aliphatic heterocycles. The Hall–Kier alpha value is -1.30. The smallest absolute Gasteiger partial charge is 0.326 e. The minimum atomic E-state index is 0. The summed E-state index contributed by atoms with van der Waals surface area (Å²) in [5.41, 5.74) is 2.02. The lowest BCUT2D eigenvalue weighted by atomic mass is 10.1. The van der Waals surface area contributed by atoms with Gasteiger partial charge in [-0.3, -0.25) is 4.57 Å². The molecule has 0 atom stereocenters. The number of nitrogens with zero attached hydrogens (tertiary/aromatic N) is 1. The molecule has 3 rings (SSSR count). The number of halogens is 1. The first kappa shape index (κ1) is 14.8. The van der Waals surface area contributed by atoms with E-state index in [0.717, 1.165) is 37.0 Å². The number of fused-ring (bicyclic) bond motifs is 1. The molecule has 18 heavy (non-hydrogen) atoms. The second-order valence-electron chi connectivity index (χ2n) is 4.41. The van der Waals surface area contributed by atoms with E-state index in [1.165, 1.54) is 0 Å². The summed E-state index contributed by atoms with van der Waals surface area (Å²) in [6, 6.07) is 8.29. The average molecular weight is 272 g/mol. The van der Waals surface area contributed by atoms with Crippen LogP contribution in [0.4, 0.5) is 0 Å². The zero-order chi connectivity index (χ0) is 11.0. The second-order valence-corrected chi connectivity index (χ2v) is 4.41. The van der Waals surface area contributed by atoms with Crippen LogP contribution in [0.2, 0.25) is 0 Å². The van der Waals surface area contributed by atoms with Gasteiger partial charge in [0.2, 0.25) is 0 Å². The van der Waals surface area contributed by atoms with Crippen LogP contribution in [-0.2, 0) is 0 Å². The maximum atomic E-state index is 11.9. The van der Waals surface area contributed by atoms with Crippen molar-refractivity contribution in [1.82, 2.24) is 9.55 Å². The lowest BCUT2D eigenvalue weighted by molar-refractivity contribution is -0.664. The van der Waals surface area contributed by atoms with Gasteiger partial charge in [0.15, 0.2) is 0 Å². The van der Waals surface area contributed by atoms with Crippen molar-refractivity contribution < 1.29 is 23.2 Å². The van der Waals surface area contributed by atoms with E-state index < -0.39 is 0 Å². The van der Waals surface area contributed by atoms with Gasteiger partial charge in [0, 0.05) is 18.9 Å². The fraction of sp³-hybridized carbons (Fsp3) is 0.417. The second kappa shape index (κ2) is 6.04. The molecule has 1 aliphatic rings. The number of nitrogens with one attached hydrogen (secondary N) is 1. The van der Waals surface area contributed by atoms with Gasteiger partial charge in [0.25, 0.3) is 0 Å². The minimum absolute atomic E-state index is 0. The Bertz CT molecular complexity index is 558. The average Bonchev–Trinajstić information content (AvgIpc) is 2.66. The summed E-state index contributed by atoms with van der Waals surface area (Å²) >= 11 is 0. The van der Waals surface area contributed by atoms with Crippen molar-refractivity contribution >= 4 is 11.0 Å². The van der Waals surface area contributed by atoms with Crippen LogP contribution in [0.25, 0.3) is 11.0 Å². The van der Waals surface area contributed by atoms with Gasteiger partial charge < -0.3 is 28.2 Å². The Balaban J connectivity index is 0.000000810. The molecular weight excluding hydrogens is 254 g/mol. The van der Waals surface area contributed by atoms with Crippen LogP contribution in [0.15, 0.2) is 29.1 Å². The van der Waals surface area contributed by atoms with E-state index in [1.54, 1.807) is 0 Å². The molecule has 2 heterocycles. The normalized spacial score (nSPS) is 16.0. The molecular formula is C12H18ClN3O2. The number of rotatable bonds is 1. The molecule has 0 radical (unpaired) electrons. The van der Waals surface area contributed by atoms with Crippen molar-refractivity contribution in [3.63, 3.8) is 0 Å². The van der Waals surface area contributed by atoms with Crippen LogP contribution in [0.1, 0.15) is 18.9 Å². The Morgan fingerprint density at radius 2 is 1.89 bits per heavy atom. The van der Waals surface area contributed by atoms with E-state index in [9.17, 15) is 4.79 Å². The fourth-order valence-electron chi connectivity index (χ4n) is 2.60. The number of benzene rings is 1. The SMILES string of the molecule is O.O=c1[nH]c2ccccc2n1C1CC[NH2+]CC1.[Cl-]. The summed E-state index contributed by atoms with van der Waals surface area (Å²) in [7, 11) is 0. The predicted molar refractivity (Wildman–Crippen MR) is 66.1 cm³/mol. The van der Waals surface area contributed by atoms with Gasteiger partial charge >= 0.3 is 5.69 Å². The van der Waals surface area contributed by atoms with Crippen molar-refractivity contribution in [2.75, 3.05) is 13.1 Å².